The van der Waals surface area contributed by atoms with Crippen LogP contribution in [0, 0.1) is 0 Å². The summed E-state index contributed by atoms with van der Waals surface area (Å²) in [6.07, 6.45) is 4.56. The van der Waals surface area contributed by atoms with Gasteiger partial charge in [0.1, 0.15) is 0 Å². The lowest BCUT2D eigenvalue weighted by molar-refractivity contribution is 0.424. The van der Waals surface area contributed by atoms with E-state index in [2.05, 4.69) is 15.9 Å². The minimum atomic E-state index is -0.452. The van der Waals surface area contributed by atoms with Crippen molar-refractivity contribution in [3.63, 3.8) is 0 Å². The second-order valence-corrected chi connectivity index (χ2v) is 4.30. The molecule has 86 valence electrons. The maximum atomic E-state index is 11.1. The molecule has 3 nitrogen and oxygen atoms in total. The molecule has 2 aromatic rings. The highest BCUT2D eigenvalue weighted by Crippen LogP contribution is 2.16. The molecule has 4 heteroatoms. The van der Waals surface area contributed by atoms with E-state index in [0.717, 1.165) is 10.0 Å². The summed E-state index contributed by atoms with van der Waals surface area (Å²) in [5, 5.41) is 9.45. The Bertz CT molecular complexity index is 597. The Balaban J connectivity index is 2.29. The smallest absolute Gasteiger partial charge is 0.227 e. The lowest BCUT2D eigenvalue weighted by atomic mass is 10.2. The molecular weight excluding hydrogens is 284 g/mol. The third kappa shape index (κ3) is 2.85. The highest BCUT2D eigenvalue weighted by atomic mass is 79.9. The summed E-state index contributed by atoms with van der Waals surface area (Å²) in [5.74, 6) is -0.221. The van der Waals surface area contributed by atoms with Crippen LogP contribution in [0.4, 0.5) is 0 Å². The number of halogens is 1. The van der Waals surface area contributed by atoms with E-state index in [0.29, 0.717) is 0 Å². The fourth-order valence-electron chi connectivity index (χ4n) is 1.29. The van der Waals surface area contributed by atoms with Crippen molar-refractivity contribution in [2.75, 3.05) is 0 Å². The molecule has 0 radical (unpaired) electrons. The maximum absolute atomic E-state index is 11.1. The molecule has 1 N–H and O–H groups in total. The maximum Gasteiger partial charge on any atom is 0.227 e. The average molecular weight is 293 g/mol. The lowest BCUT2D eigenvalue weighted by Gasteiger charge is -1.96. The zero-order valence-electron chi connectivity index (χ0n) is 8.76. The summed E-state index contributed by atoms with van der Waals surface area (Å²) in [7, 11) is 0. The van der Waals surface area contributed by atoms with Crippen LogP contribution in [0.1, 0.15) is 11.3 Å². The van der Waals surface area contributed by atoms with Crippen LogP contribution in [0.3, 0.4) is 0 Å². The van der Waals surface area contributed by atoms with Gasteiger partial charge in [-0.3, -0.25) is 4.79 Å². The van der Waals surface area contributed by atoms with Crippen molar-refractivity contribution in [1.29, 1.82) is 0 Å². The Morgan fingerprint density at radius 1 is 1.12 bits per heavy atom. The first-order valence-electron chi connectivity index (χ1n) is 4.91. The van der Waals surface area contributed by atoms with E-state index in [1.807, 2.05) is 24.3 Å². The van der Waals surface area contributed by atoms with Crippen LogP contribution in [0.5, 0.6) is 5.75 Å². The van der Waals surface area contributed by atoms with Gasteiger partial charge in [0.05, 0.1) is 6.26 Å². The highest BCUT2D eigenvalue weighted by Gasteiger charge is 2.02. The molecule has 0 bridgehead atoms. The van der Waals surface area contributed by atoms with Crippen LogP contribution in [0.25, 0.3) is 12.2 Å². The normalized spacial score (nSPS) is 10.9. The van der Waals surface area contributed by atoms with Crippen molar-refractivity contribution < 1.29 is 9.52 Å². The van der Waals surface area contributed by atoms with E-state index in [-0.39, 0.29) is 11.5 Å². The minimum absolute atomic E-state index is 0.153. The third-order valence-corrected chi connectivity index (χ3v) is 2.71. The van der Waals surface area contributed by atoms with Crippen LogP contribution in [-0.4, -0.2) is 5.11 Å². The number of aromatic hydroxyl groups is 1. The molecule has 0 spiro atoms. The molecule has 1 aromatic heterocycles. The fourth-order valence-corrected chi connectivity index (χ4v) is 1.55. The predicted octanol–water partition coefficient (Wildman–Crippen LogP) is 3.28. The summed E-state index contributed by atoms with van der Waals surface area (Å²) >= 11 is 3.34. The van der Waals surface area contributed by atoms with Crippen LogP contribution in [0.15, 0.2) is 50.3 Å². The van der Waals surface area contributed by atoms with Gasteiger partial charge >= 0.3 is 0 Å². The molecule has 0 atom stereocenters. The van der Waals surface area contributed by atoms with Crippen molar-refractivity contribution in [2.24, 2.45) is 0 Å². The summed E-state index contributed by atoms with van der Waals surface area (Å²) in [6.45, 7) is 0. The Morgan fingerprint density at radius 3 is 2.53 bits per heavy atom. The van der Waals surface area contributed by atoms with Crippen LogP contribution in [0.2, 0.25) is 0 Å². The van der Waals surface area contributed by atoms with E-state index in [1.165, 1.54) is 12.3 Å². The summed E-state index contributed by atoms with van der Waals surface area (Å²) < 4.78 is 6.03. The first-order chi connectivity index (χ1) is 8.16. The van der Waals surface area contributed by atoms with Gasteiger partial charge in [0.25, 0.3) is 0 Å². The number of hydrogen-bond donors (Lipinski definition) is 1. The second kappa shape index (κ2) is 5.01. The molecule has 1 aromatic carbocycles. The van der Waals surface area contributed by atoms with Gasteiger partial charge in [0, 0.05) is 10.5 Å². The van der Waals surface area contributed by atoms with E-state index in [4.69, 9.17) is 4.42 Å². The van der Waals surface area contributed by atoms with Crippen molar-refractivity contribution >= 4 is 28.1 Å². The monoisotopic (exact) mass is 292 g/mol. The third-order valence-electron chi connectivity index (χ3n) is 2.18. The Hall–Kier alpha value is -1.81. The fraction of sp³-hybridized carbons (Fsp3) is 0. The number of benzene rings is 1. The van der Waals surface area contributed by atoms with Crippen LogP contribution >= 0.6 is 15.9 Å². The van der Waals surface area contributed by atoms with Crippen LogP contribution < -0.4 is 5.43 Å². The lowest BCUT2D eigenvalue weighted by Crippen LogP contribution is -1.97. The van der Waals surface area contributed by atoms with Gasteiger partial charge in [-0.05, 0) is 23.8 Å². The molecular formula is C13H9BrO3. The summed E-state index contributed by atoms with van der Waals surface area (Å²) in [5.41, 5.74) is 0.491. The molecule has 0 saturated heterocycles. The van der Waals surface area contributed by atoms with E-state index in [1.54, 1.807) is 12.2 Å². The minimum Gasteiger partial charge on any atom is -0.502 e. The highest BCUT2D eigenvalue weighted by molar-refractivity contribution is 9.10. The topological polar surface area (TPSA) is 50.4 Å². The van der Waals surface area contributed by atoms with E-state index in [9.17, 15) is 9.90 Å². The van der Waals surface area contributed by atoms with Crippen LogP contribution in [-0.2, 0) is 0 Å². The molecule has 1 heterocycles. The number of hydrogen-bond acceptors (Lipinski definition) is 3. The van der Waals surface area contributed by atoms with Crippen molar-refractivity contribution in [3.05, 3.63) is 62.6 Å². The van der Waals surface area contributed by atoms with E-state index >= 15 is 0 Å². The molecule has 0 unspecified atom stereocenters. The zero-order chi connectivity index (χ0) is 12.3. The Kier molecular flexibility index (Phi) is 3.44. The Labute approximate surface area is 106 Å². The summed E-state index contributed by atoms with van der Waals surface area (Å²) in [4.78, 5) is 11.1. The molecule has 0 saturated carbocycles. The molecule has 0 aliphatic rings. The molecule has 0 amide bonds. The largest absolute Gasteiger partial charge is 0.502 e. The van der Waals surface area contributed by atoms with Crippen molar-refractivity contribution in [3.8, 4) is 5.75 Å². The first-order valence-corrected chi connectivity index (χ1v) is 5.70. The summed E-state index contributed by atoms with van der Waals surface area (Å²) in [6, 6.07) is 8.78. The Morgan fingerprint density at radius 2 is 1.82 bits per heavy atom. The number of rotatable bonds is 2. The van der Waals surface area contributed by atoms with Gasteiger partial charge in [-0.2, -0.15) is 0 Å². The molecule has 0 aliphatic carbocycles. The molecule has 0 aliphatic heterocycles. The average Bonchev–Trinajstić information content (AvgIpc) is 2.33. The SMILES string of the molecule is O=c1ccoc(/C=C/c2ccc(Br)cc2)c1O. The van der Waals surface area contributed by atoms with Crippen molar-refractivity contribution in [1.82, 2.24) is 0 Å². The zero-order valence-corrected chi connectivity index (χ0v) is 10.3. The van der Waals surface area contributed by atoms with E-state index < -0.39 is 5.43 Å². The predicted molar refractivity (Wildman–Crippen MR) is 69.7 cm³/mol. The second-order valence-electron chi connectivity index (χ2n) is 3.38. The van der Waals surface area contributed by atoms with Gasteiger partial charge < -0.3 is 9.52 Å². The van der Waals surface area contributed by atoms with Gasteiger partial charge in [-0.15, -0.1) is 0 Å². The first kappa shape index (κ1) is 11.7. The standard InChI is InChI=1S/C13H9BrO3/c14-10-4-1-9(2-5-10)3-6-12-13(16)11(15)7-8-17-12/h1-8,16H/b6-3+. The van der Waals surface area contributed by atoms with Gasteiger partial charge in [-0.25, -0.2) is 0 Å². The van der Waals surface area contributed by atoms with Gasteiger partial charge in [0.15, 0.2) is 5.76 Å². The molecule has 0 fully saturated rings. The van der Waals surface area contributed by atoms with Gasteiger partial charge in [-0.1, -0.05) is 34.1 Å². The quantitative estimate of drug-likeness (QED) is 0.924. The molecule has 17 heavy (non-hydrogen) atoms. The van der Waals surface area contributed by atoms with Crippen molar-refractivity contribution in [2.45, 2.75) is 0 Å². The van der Waals surface area contributed by atoms with Gasteiger partial charge in [0.2, 0.25) is 11.2 Å². The molecule has 2 rings (SSSR count).